The van der Waals surface area contributed by atoms with Gasteiger partial charge in [-0.05, 0) is 33.1 Å². The fourth-order valence-corrected chi connectivity index (χ4v) is 3.43. The molecule has 0 saturated heterocycles. The summed E-state index contributed by atoms with van der Waals surface area (Å²) in [5.41, 5.74) is 0. The van der Waals surface area contributed by atoms with Crippen molar-refractivity contribution in [3.63, 3.8) is 0 Å². The summed E-state index contributed by atoms with van der Waals surface area (Å²) in [4.78, 5) is 9.53. The lowest BCUT2D eigenvalue weighted by atomic mass is 10.1. The lowest BCUT2D eigenvalue weighted by molar-refractivity contribution is 0.204. The normalized spacial score (nSPS) is 14.5. The van der Waals surface area contributed by atoms with E-state index in [0.717, 1.165) is 25.7 Å². The topological polar surface area (TPSA) is 46.5 Å². The van der Waals surface area contributed by atoms with Crippen LogP contribution in [0.25, 0.3) is 0 Å². The summed E-state index contributed by atoms with van der Waals surface area (Å²) in [6.45, 7) is 7.29. The molecule has 0 spiro atoms. The van der Waals surface area contributed by atoms with Crippen LogP contribution in [0.4, 0.5) is 0 Å². The zero-order valence-electron chi connectivity index (χ0n) is 12.6. The van der Waals surface area contributed by atoms with Gasteiger partial charge in [0, 0.05) is 6.16 Å². The summed E-state index contributed by atoms with van der Waals surface area (Å²) in [6, 6.07) is 0. The summed E-state index contributed by atoms with van der Waals surface area (Å²) in [7, 11) is -3.33. The minimum absolute atomic E-state index is 0.175. The monoisotopic (exact) mass is 290 g/mol. The van der Waals surface area contributed by atoms with E-state index in [4.69, 9.17) is 4.52 Å². The van der Waals surface area contributed by atoms with Gasteiger partial charge in [0.15, 0.2) is 0 Å². The molecule has 0 aliphatic heterocycles. The molecule has 0 aromatic carbocycles. The van der Waals surface area contributed by atoms with E-state index in [9.17, 15) is 9.46 Å². The van der Waals surface area contributed by atoms with Crippen LogP contribution < -0.4 is 0 Å². The quantitative estimate of drug-likeness (QED) is 0.284. The summed E-state index contributed by atoms with van der Waals surface area (Å²) in [6.07, 6.45) is 12.5. The highest BCUT2D eigenvalue weighted by atomic mass is 31.2. The van der Waals surface area contributed by atoms with Gasteiger partial charge in [0.25, 0.3) is 0 Å². The smallest absolute Gasteiger partial charge is 0.324 e. The molecule has 114 valence electrons. The highest BCUT2D eigenvalue weighted by Gasteiger charge is 2.19. The fraction of sp³-hybridized carbons (Fsp3) is 0.867. The van der Waals surface area contributed by atoms with Crippen molar-refractivity contribution in [2.24, 2.45) is 0 Å². The summed E-state index contributed by atoms with van der Waals surface area (Å²) in [5.74, 6) is 0. The van der Waals surface area contributed by atoms with Gasteiger partial charge in [0.1, 0.15) is 0 Å². The van der Waals surface area contributed by atoms with Gasteiger partial charge in [-0.2, -0.15) is 0 Å². The Kier molecular flexibility index (Phi) is 11.6. The molecule has 0 bridgehead atoms. The van der Waals surface area contributed by atoms with Crippen LogP contribution in [0, 0.1) is 0 Å². The first-order valence-electron chi connectivity index (χ1n) is 7.59. The van der Waals surface area contributed by atoms with Crippen LogP contribution in [0.3, 0.4) is 0 Å². The van der Waals surface area contributed by atoms with Gasteiger partial charge in [0.05, 0.1) is 6.10 Å². The second-order valence-corrected chi connectivity index (χ2v) is 7.35. The molecule has 0 saturated carbocycles. The Balaban J connectivity index is 3.31. The fourth-order valence-electron chi connectivity index (χ4n) is 2.04. The molecule has 0 heterocycles. The zero-order chi connectivity index (χ0) is 14.6. The standard InChI is InChI=1S/C15H31O3P/c1-4-5-6-7-8-9-10-11-12-13-14-19(16,17)18-15(2)3/h4,15H,1,5-14H2,2-3H3,(H,16,17). The largest absolute Gasteiger partial charge is 0.328 e. The third-order valence-corrected chi connectivity index (χ3v) is 4.61. The van der Waals surface area contributed by atoms with Gasteiger partial charge in [-0.3, -0.25) is 4.57 Å². The van der Waals surface area contributed by atoms with Crippen molar-refractivity contribution < 1.29 is 14.0 Å². The van der Waals surface area contributed by atoms with E-state index in [1.54, 1.807) is 13.8 Å². The molecular weight excluding hydrogens is 259 g/mol. The van der Waals surface area contributed by atoms with Crippen LogP contribution in [0.5, 0.6) is 0 Å². The predicted octanol–water partition coefficient (Wildman–Crippen LogP) is 5.29. The van der Waals surface area contributed by atoms with Crippen LogP contribution in [0.2, 0.25) is 0 Å². The molecule has 0 amide bonds. The lowest BCUT2D eigenvalue weighted by Crippen LogP contribution is -2.02. The Labute approximate surface area is 119 Å². The average molecular weight is 290 g/mol. The third kappa shape index (κ3) is 14.1. The first kappa shape index (κ1) is 18.9. The number of hydrogen-bond acceptors (Lipinski definition) is 2. The molecule has 0 aromatic rings. The van der Waals surface area contributed by atoms with Crippen LogP contribution in [-0.4, -0.2) is 17.2 Å². The van der Waals surface area contributed by atoms with E-state index < -0.39 is 7.60 Å². The molecule has 0 aliphatic rings. The summed E-state index contributed by atoms with van der Waals surface area (Å²) in [5, 5.41) is 0. The molecular formula is C15H31O3P. The second kappa shape index (κ2) is 11.7. The highest BCUT2D eigenvalue weighted by Crippen LogP contribution is 2.44. The van der Waals surface area contributed by atoms with E-state index in [1.807, 2.05) is 6.08 Å². The van der Waals surface area contributed by atoms with Crippen LogP contribution in [0.15, 0.2) is 12.7 Å². The van der Waals surface area contributed by atoms with Gasteiger partial charge in [0.2, 0.25) is 0 Å². The molecule has 1 unspecified atom stereocenters. The van der Waals surface area contributed by atoms with Crippen LogP contribution in [-0.2, 0) is 9.09 Å². The van der Waals surface area contributed by atoms with E-state index in [1.165, 1.54) is 32.1 Å². The first-order chi connectivity index (χ1) is 8.98. The number of rotatable bonds is 13. The molecule has 4 heteroatoms. The molecule has 1 atom stereocenters. The Morgan fingerprint density at radius 1 is 1.05 bits per heavy atom. The summed E-state index contributed by atoms with van der Waals surface area (Å²) < 4.78 is 16.6. The molecule has 0 aromatic heterocycles. The minimum Gasteiger partial charge on any atom is -0.324 e. The van der Waals surface area contributed by atoms with Gasteiger partial charge in [-0.15, -0.1) is 6.58 Å². The maximum absolute atomic E-state index is 11.6. The van der Waals surface area contributed by atoms with Gasteiger partial charge >= 0.3 is 7.60 Å². The van der Waals surface area contributed by atoms with Gasteiger partial charge in [-0.1, -0.05) is 44.6 Å². The van der Waals surface area contributed by atoms with Crippen molar-refractivity contribution >= 4 is 7.60 Å². The van der Waals surface area contributed by atoms with Gasteiger partial charge in [-0.25, -0.2) is 0 Å². The Morgan fingerprint density at radius 2 is 1.53 bits per heavy atom. The Morgan fingerprint density at radius 3 is 2.00 bits per heavy atom. The van der Waals surface area contributed by atoms with Gasteiger partial charge < -0.3 is 9.42 Å². The molecule has 0 aliphatic carbocycles. The van der Waals surface area contributed by atoms with E-state index >= 15 is 0 Å². The zero-order valence-corrected chi connectivity index (χ0v) is 13.5. The molecule has 3 nitrogen and oxygen atoms in total. The molecule has 1 N–H and O–H groups in total. The summed E-state index contributed by atoms with van der Waals surface area (Å²) >= 11 is 0. The van der Waals surface area contributed by atoms with E-state index in [0.29, 0.717) is 6.16 Å². The minimum atomic E-state index is -3.33. The molecule has 0 rings (SSSR count). The molecule has 0 radical (unpaired) electrons. The molecule has 0 fully saturated rings. The average Bonchev–Trinajstić information content (AvgIpc) is 2.30. The number of allylic oxidation sites excluding steroid dienone is 1. The number of unbranched alkanes of at least 4 members (excludes halogenated alkanes) is 8. The van der Waals surface area contributed by atoms with Crippen molar-refractivity contribution in [1.29, 1.82) is 0 Å². The van der Waals surface area contributed by atoms with Crippen molar-refractivity contribution in [2.45, 2.75) is 77.7 Å². The van der Waals surface area contributed by atoms with Crippen molar-refractivity contribution in [3.05, 3.63) is 12.7 Å². The van der Waals surface area contributed by atoms with Crippen molar-refractivity contribution in [3.8, 4) is 0 Å². The van der Waals surface area contributed by atoms with Crippen molar-refractivity contribution in [2.75, 3.05) is 6.16 Å². The lowest BCUT2D eigenvalue weighted by Gasteiger charge is -2.14. The van der Waals surface area contributed by atoms with Crippen LogP contribution in [0.1, 0.15) is 71.6 Å². The number of hydrogen-bond donors (Lipinski definition) is 1. The van der Waals surface area contributed by atoms with Crippen molar-refractivity contribution in [1.82, 2.24) is 0 Å². The molecule has 19 heavy (non-hydrogen) atoms. The third-order valence-electron chi connectivity index (χ3n) is 2.97. The second-order valence-electron chi connectivity index (χ2n) is 5.42. The highest BCUT2D eigenvalue weighted by molar-refractivity contribution is 7.52. The Hall–Kier alpha value is -0.110. The van der Waals surface area contributed by atoms with E-state index in [-0.39, 0.29) is 6.10 Å². The SMILES string of the molecule is C=CCCCCCCCCCCP(=O)(O)OC(C)C. The predicted molar refractivity (Wildman–Crippen MR) is 82.7 cm³/mol. The van der Waals surface area contributed by atoms with Crippen LogP contribution >= 0.6 is 7.60 Å². The van der Waals surface area contributed by atoms with E-state index in [2.05, 4.69) is 6.58 Å². The maximum atomic E-state index is 11.6. The maximum Gasteiger partial charge on any atom is 0.328 e. The Bertz CT molecular complexity index is 264. The first-order valence-corrected chi connectivity index (χ1v) is 9.35.